The van der Waals surface area contributed by atoms with Crippen LogP contribution in [-0.4, -0.2) is 19.1 Å². The average molecular weight is 511 g/mol. The molecule has 4 heteroatoms. The van der Waals surface area contributed by atoms with E-state index in [1.165, 1.54) is 43.4 Å². The van der Waals surface area contributed by atoms with Gasteiger partial charge in [0.15, 0.2) is 0 Å². The molecular formula is C36H22N4. The van der Waals surface area contributed by atoms with Crippen LogP contribution >= 0.6 is 0 Å². The van der Waals surface area contributed by atoms with E-state index in [0.717, 1.165) is 27.6 Å². The van der Waals surface area contributed by atoms with Crippen molar-refractivity contribution in [2.45, 2.75) is 0 Å². The van der Waals surface area contributed by atoms with Gasteiger partial charge in [0.1, 0.15) is 0 Å². The van der Waals surface area contributed by atoms with E-state index in [1.807, 2.05) is 24.4 Å². The van der Waals surface area contributed by atoms with Crippen molar-refractivity contribution in [3.63, 3.8) is 0 Å². The number of fused-ring (bicyclic) bond motifs is 9. The van der Waals surface area contributed by atoms with Gasteiger partial charge in [0.05, 0.1) is 27.6 Å². The molecule has 3 aromatic heterocycles. The van der Waals surface area contributed by atoms with Gasteiger partial charge in [-0.3, -0.25) is 4.57 Å². The number of hydrogen-bond donors (Lipinski definition) is 0. The molecular weight excluding hydrogens is 488 g/mol. The van der Waals surface area contributed by atoms with Crippen molar-refractivity contribution < 1.29 is 0 Å². The fourth-order valence-electron chi connectivity index (χ4n) is 6.38. The summed E-state index contributed by atoms with van der Waals surface area (Å²) in [6.07, 6.45) is 1.93. The second-order valence-electron chi connectivity index (χ2n) is 10.3. The van der Waals surface area contributed by atoms with Crippen LogP contribution in [0.1, 0.15) is 0 Å². The monoisotopic (exact) mass is 510 g/mol. The first-order chi connectivity index (χ1) is 19.8. The fraction of sp³-hybridized carbons (Fsp3) is 0. The molecule has 0 saturated heterocycles. The van der Waals surface area contributed by atoms with Crippen molar-refractivity contribution in [2.75, 3.05) is 0 Å². The Kier molecular flexibility index (Phi) is 4.30. The summed E-state index contributed by atoms with van der Waals surface area (Å²) in [5.41, 5.74) is 6.70. The van der Waals surface area contributed by atoms with Gasteiger partial charge >= 0.3 is 0 Å². The van der Waals surface area contributed by atoms with Crippen LogP contribution in [0.3, 0.4) is 0 Å². The Labute approximate surface area is 229 Å². The lowest BCUT2D eigenvalue weighted by Gasteiger charge is -2.11. The predicted octanol–water partition coefficient (Wildman–Crippen LogP) is 8.98. The Morgan fingerprint density at radius 1 is 0.450 bits per heavy atom. The van der Waals surface area contributed by atoms with E-state index in [9.17, 15) is 0 Å². The quantitative estimate of drug-likeness (QED) is 0.233. The number of aromatic nitrogens is 4. The summed E-state index contributed by atoms with van der Waals surface area (Å²) in [7, 11) is 0. The lowest BCUT2D eigenvalue weighted by atomic mass is 10.0. The molecule has 0 aliphatic carbocycles. The van der Waals surface area contributed by atoms with Crippen LogP contribution in [-0.2, 0) is 0 Å². The lowest BCUT2D eigenvalue weighted by molar-refractivity contribution is 1.01. The molecule has 4 nitrogen and oxygen atoms in total. The minimum absolute atomic E-state index is 0.682. The van der Waals surface area contributed by atoms with Crippen LogP contribution in [0.5, 0.6) is 0 Å². The zero-order valence-corrected chi connectivity index (χ0v) is 21.5. The summed E-state index contributed by atoms with van der Waals surface area (Å²) < 4.78 is 4.61. The third-order valence-electron chi connectivity index (χ3n) is 8.13. The Hall–Kier alpha value is -5.48. The maximum absolute atomic E-state index is 5.03. The first-order valence-electron chi connectivity index (χ1n) is 13.5. The van der Waals surface area contributed by atoms with Crippen LogP contribution in [0, 0.1) is 0 Å². The second kappa shape index (κ2) is 8.01. The summed E-state index contributed by atoms with van der Waals surface area (Å²) in [6.45, 7) is 0. The van der Waals surface area contributed by atoms with Crippen LogP contribution in [0.25, 0.3) is 76.9 Å². The second-order valence-corrected chi connectivity index (χ2v) is 10.3. The highest BCUT2D eigenvalue weighted by molar-refractivity contribution is 6.22. The van der Waals surface area contributed by atoms with Gasteiger partial charge in [-0.1, -0.05) is 84.9 Å². The van der Waals surface area contributed by atoms with Crippen LogP contribution in [0.15, 0.2) is 134 Å². The minimum Gasteiger partial charge on any atom is -0.309 e. The van der Waals surface area contributed by atoms with Crippen molar-refractivity contribution in [1.29, 1.82) is 0 Å². The van der Waals surface area contributed by atoms with Gasteiger partial charge in [-0.05, 0) is 47.9 Å². The van der Waals surface area contributed by atoms with E-state index in [2.05, 4.69) is 118 Å². The molecule has 0 unspecified atom stereocenters. The largest absolute Gasteiger partial charge is 0.309 e. The molecule has 0 spiro atoms. The summed E-state index contributed by atoms with van der Waals surface area (Å²) >= 11 is 0. The number of para-hydroxylation sites is 4. The van der Waals surface area contributed by atoms with Crippen molar-refractivity contribution in [2.24, 2.45) is 0 Å². The zero-order valence-electron chi connectivity index (χ0n) is 21.5. The van der Waals surface area contributed by atoms with Gasteiger partial charge in [0.25, 0.3) is 0 Å². The van der Waals surface area contributed by atoms with Crippen molar-refractivity contribution in [1.82, 2.24) is 19.1 Å². The number of rotatable bonds is 2. The molecule has 0 bridgehead atoms. The standard InChI is InChI=1S/C36H22N4/c1-2-11-25(12-3-1)39-32-16-8-6-14-27(32)30-20-23-18-19-28-26-13-5-9-17-33(26)40(35(28)29(23)21-34(30)39)36-37-22-24-10-4-7-15-31(24)38-36/h1-22H. The highest BCUT2D eigenvalue weighted by atomic mass is 15.2. The van der Waals surface area contributed by atoms with Gasteiger partial charge in [0, 0.05) is 44.2 Å². The Balaban J connectivity index is 1.47. The molecule has 0 amide bonds. The maximum Gasteiger partial charge on any atom is 0.235 e. The van der Waals surface area contributed by atoms with E-state index in [1.54, 1.807) is 0 Å². The van der Waals surface area contributed by atoms with Gasteiger partial charge in [-0.25, -0.2) is 9.97 Å². The fourth-order valence-corrected chi connectivity index (χ4v) is 6.38. The molecule has 0 saturated carbocycles. The summed E-state index contributed by atoms with van der Waals surface area (Å²) in [5.74, 6) is 0.682. The third kappa shape index (κ3) is 2.90. The predicted molar refractivity (Wildman–Crippen MR) is 166 cm³/mol. The Morgan fingerprint density at radius 2 is 1.15 bits per heavy atom. The molecule has 3 heterocycles. The smallest absolute Gasteiger partial charge is 0.235 e. The molecule has 40 heavy (non-hydrogen) atoms. The first kappa shape index (κ1) is 21.5. The van der Waals surface area contributed by atoms with Gasteiger partial charge in [0.2, 0.25) is 5.95 Å². The topological polar surface area (TPSA) is 35.6 Å². The number of benzene rings is 6. The number of nitrogens with zero attached hydrogens (tertiary/aromatic N) is 4. The SMILES string of the molecule is c1ccc(-n2c3ccccc3c3cc4ccc5c6ccccc6n(-c6ncc7ccccc7n6)c5c4cc32)cc1. The Bertz CT molecular complexity index is 2430. The highest BCUT2D eigenvalue weighted by Crippen LogP contribution is 2.40. The Morgan fingerprint density at radius 3 is 2.00 bits per heavy atom. The van der Waals surface area contributed by atoms with E-state index < -0.39 is 0 Å². The molecule has 0 aliphatic heterocycles. The minimum atomic E-state index is 0.682. The van der Waals surface area contributed by atoms with Crippen molar-refractivity contribution >= 4 is 65.3 Å². The summed E-state index contributed by atoms with van der Waals surface area (Å²) in [5, 5.41) is 8.30. The van der Waals surface area contributed by atoms with Crippen molar-refractivity contribution in [3.05, 3.63) is 134 Å². The van der Waals surface area contributed by atoms with Crippen LogP contribution < -0.4 is 0 Å². The number of hydrogen-bond acceptors (Lipinski definition) is 2. The summed E-state index contributed by atoms with van der Waals surface area (Å²) in [6, 6.07) is 45.2. The zero-order chi connectivity index (χ0) is 26.2. The lowest BCUT2D eigenvalue weighted by Crippen LogP contribution is -2.01. The molecule has 9 aromatic rings. The molecule has 0 N–H and O–H groups in total. The van der Waals surface area contributed by atoms with Crippen molar-refractivity contribution in [3.8, 4) is 11.6 Å². The first-order valence-corrected chi connectivity index (χ1v) is 13.5. The van der Waals surface area contributed by atoms with Gasteiger partial charge in [-0.2, -0.15) is 0 Å². The highest BCUT2D eigenvalue weighted by Gasteiger charge is 2.19. The van der Waals surface area contributed by atoms with Gasteiger partial charge in [-0.15, -0.1) is 0 Å². The molecule has 9 rings (SSSR count). The average Bonchev–Trinajstić information content (AvgIpc) is 3.53. The van der Waals surface area contributed by atoms with Crippen LogP contribution in [0.4, 0.5) is 0 Å². The van der Waals surface area contributed by atoms with E-state index in [4.69, 9.17) is 9.97 Å². The van der Waals surface area contributed by atoms with E-state index in [-0.39, 0.29) is 0 Å². The molecule has 6 aromatic carbocycles. The third-order valence-corrected chi connectivity index (χ3v) is 8.13. The molecule has 0 aliphatic rings. The molecule has 186 valence electrons. The van der Waals surface area contributed by atoms with E-state index in [0.29, 0.717) is 5.95 Å². The maximum atomic E-state index is 5.03. The molecule has 0 fully saturated rings. The van der Waals surface area contributed by atoms with Crippen LogP contribution in [0.2, 0.25) is 0 Å². The normalized spacial score (nSPS) is 12.0. The van der Waals surface area contributed by atoms with E-state index >= 15 is 0 Å². The molecule has 0 atom stereocenters. The molecule has 0 radical (unpaired) electrons. The summed E-state index contributed by atoms with van der Waals surface area (Å²) in [4.78, 5) is 9.90. The van der Waals surface area contributed by atoms with Gasteiger partial charge < -0.3 is 4.57 Å².